The quantitative estimate of drug-likeness (QED) is 0.840. The summed E-state index contributed by atoms with van der Waals surface area (Å²) < 4.78 is 13.0. The fourth-order valence-corrected chi connectivity index (χ4v) is 2.02. The van der Waals surface area contributed by atoms with Crippen molar-refractivity contribution in [2.24, 2.45) is 0 Å². The Labute approximate surface area is 107 Å². The van der Waals surface area contributed by atoms with Crippen molar-refractivity contribution in [1.82, 2.24) is 10.3 Å². The highest BCUT2D eigenvalue weighted by Gasteiger charge is 2.08. The zero-order chi connectivity index (χ0) is 12.3. The Kier molecular flexibility index (Phi) is 3.75. The number of halogens is 1. The van der Waals surface area contributed by atoms with Crippen molar-refractivity contribution in [2.45, 2.75) is 11.4 Å². The number of nitrogens with zero attached hydrogens (tertiary/aromatic N) is 1. The third kappa shape index (κ3) is 3.04. The minimum Gasteiger partial charge on any atom is -0.346 e. The molecule has 0 unspecified atom stereocenters. The molecule has 3 nitrogen and oxygen atoms in total. The van der Waals surface area contributed by atoms with Gasteiger partial charge in [0.05, 0.1) is 6.54 Å². The Morgan fingerprint density at radius 2 is 2.35 bits per heavy atom. The maximum Gasteiger partial charge on any atom is 0.251 e. The number of hydrogen-bond acceptors (Lipinski definition) is 4. The van der Waals surface area contributed by atoms with Gasteiger partial charge < -0.3 is 5.32 Å². The molecule has 0 spiro atoms. The summed E-state index contributed by atoms with van der Waals surface area (Å²) in [4.78, 5) is 15.9. The number of thiol groups is 1. The zero-order valence-electron chi connectivity index (χ0n) is 8.68. The number of thiazole rings is 1. The molecule has 0 aliphatic rings. The average molecular weight is 268 g/mol. The van der Waals surface area contributed by atoms with Gasteiger partial charge in [-0.15, -0.1) is 24.0 Å². The average Bonchev–Trinajstić information content (AvgIpc) is 2.82. The molecule has 2 aromatic rings. The van der Waals surface area contributed by atoms with Crippen molar-refractivity contribution in [3.05, 3.63) is 46.2 Å². The summed E-state index contributed by atoms with van der Waals surface area (Å²) in [6.45, 7) is 0.371. The Hall–Kier alpha value is -1.40. The Morgan fingerprint density at radius 1 is 1.53 bits per heavy atom. The van der Waals surface area contributed by atoms with Gasteiger partial charge in [0.1, 0.15) is 10.8 Å². The maximum atomic E-state index is 13.0. The number of carbonyl (C=O) groups excluding carboxylic acids is 1. The first-order valence-corrected chi connectivity index (χ1v) is 6.14. The fourth-order valence-electron chi connectivity index (χ4n) is 1.25. The van der Waals surface area contributed by atoms with Crippen LogP contribution in [0.3, 0.4) is 0 Å². The van der Waals surface area contributed by atoms with Crippen LogP contribution in [0.25, 0.3) is 0 Å². The van der Waals surface area contributed by atoms with Crippen molar-refractivity contribution in [3.8, 4) is 0 Å². The molecule has 1 aromatic heterocycles. The van der Waals surface area contributed by atoms with E-state index >= 15 is 0 Å². The first-order chi connectivity index (χ1) is 8.16. The van der Waals surface area contributed by atoms with Crippen molar-refractivity contribution in [2.75, 3.05) is 0 Å². The van der Waals surface area contributed by atoms with Gasteiger partial charge in [-0.2, -0.15) is 0 Å². The lowest BCUT2D eigenvalue weighted by atomic mass is 10.2. The van der Waals surface area contributed by atoms with Gasteiger partial charge in [0.25, 0.3) is 5.91 Å². The normalized spacial score (nSPS) is 10.2. The van der Waals surface area contributed by atoms with Gasteiger partial charge in [-0.25, -0.2) is 9.37 Å². The summed E-state index contributed by atoms with van der Waals surface area (Å²) in [5, 5.41) is 5.36. The lowest BCUT2D eigenvalue weighted by Crippen LogP contribution is -2.22. The number of amides is 1. The predicted molar refractivity (Wildman–Crippen MR) is 66.9 cm³/mol. The van der Waals surface area contributed by atoms with Crippen molar-refractivity contribution < 1.29 is 9.18 Å². The molecule has 0 aliphatic heterocycles. The number of benzene rings is 1. The number of hydrogen-bond donors (Lipinski definition) is 2. The minimum absolute atomic E-state index is 0.159. The maximum absolute atomic E-state index is 13.0. The molecule has 0 fully saturated rings. The van der Waals surface area contributed by atoms with Crippen molar-refractivity contribution in [3.63, 3.8) is 0 Å². The van der Waals surface area contributed by atoms with E-state index in [0.717, 1.165) is 5.01 Å². The molecule has 0 saturated heterocycles. The Balaban J connectivity index is 2.02. The third-order valence-electron chi connectivity index (χ3n) is 2.09. The summed E-state index contributed by atoms with van der Waals surface area (Å²) in [6, 6.07) is 4.04. The minimum atomic E-state index is -0.440. The molecule has 0 bridgehead atoms. The molecule has 1 amide bonds. The van der Waals surface area contributed by atoms with Gasteiger partial charge in [0.15, 0.2) is 0 Å². The van der Waals surface area contributed by atoms with E-state index in [9.17, 15) is 9.18 Å². The molecule has 17 heavy (non-hydrogen) atoms. The lowest BCUT2D eigenvalue weighted by Gasteiger charge is -2.04. The molecule has 0 atom stereocenters. The second-order valence-corrected chi connectivity index (χ2v) is 4.74. The molecule has 0 radical (unpaired) electrons. The van der Waals surface area contributed by atoms with Crippen LogP contribution in [-0.4, -0.2) is 10.9 Å². The van der Waals surface area contributed by atoms with Gasteiger partial charge in [0.2, 0.25) is 0 Å². The van der Waals surface area contributed by atoms with Crippen LogP contribution in [0, 0.1) is 5.82 Å². The van der Waals surface area contributed by atoms with Gasteiger partial charge in [0, 0.05) is 22.0 Å². The fraction of sp³-hybridized carbons (Fsp3) is 0.0909. The van der Waals surface area contributed by atoms with E-state index in [1.807, 2.05) is 5.38 Å². The molecule has 1 N–H and O–H groups in total. The second-order valence-electron chi connectivity index (χ2n) is 3.27. The van der Waals surface area contributed by atoms with E-state index in [0.29, 0.717) is 12.1 Å². The van der Waals surface area contributed by atoms with Crippen LogP contribution in [0.15, 0.2) is 34.7 Å². The molecule has 0 saturated carbocycles. The van der Waals surface area contributed by atoms with Gasteiger partial charge in [-0.1, -0.05) is 0 Å². The third-order valence-corrected chi connectivity index (χ3v) is 3.21. The summed E-state index contributed by atoms with van der Waals surface area (Å²) >= 11 is 5.39. The summed E-state index contributed by atoms with van der Waals surface area (Å²) in [6.07, 6.45) is 1.68. The monoisotopic (exact) mass is 268 g/mol. The van der Waals surface area contributed by atoms with Gasteiger partial charge in [-0.05, 0) is 18.2 Å². The van der Waals surface area contributed by atoms with Crippen molar-refractivity contribution in [1.29, 1.82) is 0 Å². The molecule has 6 heteroatoms. The van der Waals surface area contributed by atoms with Crippen LogP contribution in [0.2, 0.25) is 0 Å². The molecule has 88 valence electrons. The van der Waals surface area contributed by atoms with E-state index in [-0.39, 0.29) is 10.8 Å². The summed E-state index contributed by atoms with van der Waals surface area (Å²) in [5.41, 5.74) is 0.382. The number of nitrogens with one attached hydrogen (secondary N) is 1. The highest BCUT2D eigenvalue weighted by molar-refractivity contribution is 7.80. The Bertz CT molecular complexity index is 528. The zero-order valence-corrected chi connectivity index (χ0v) is 10.4. The van der Waals surface area contributed by atoms with Gasteiger partial charge >= 0.3 is 0 Å². The SMILES string of the molecule is O=C(NCc1nccs1)c1ccc(F)c(S)c1. The Morgan fingerprint density at radius 3 is 3.00 bits per heavy atom. The smallest absolute Gasteiger partial charge is 0.251 e. The highest BCUT2D eigenvalue weighted by atomic mass is 32.1. The summed E-state index contributed by atoms with van der Waals surface area (Å²) in [5.74, 6) is -0.708. The van der Waals surface area contributed by atoms with Crippen LogP contribution < -0.4 is 5.32 Å². The van der Waals surface area contributed by atoms with E-state index in [4.69, 9.17) is 0 Å². The van der Waals surface area contributed by atoms with E-state index < -0.39 is 5.82 Å². The number of aromatic nitrogens is 1. The topological polar surface area (TPSA) is 42.0 Å². The molecular weight excluding hydrogens is 259 g/mol. The van der Waals surface area contributed by atoms with Crippen LogP contribution in [-0.2, 0) is 6.54 Å². The molecular formula is C11H9FN2OS2. The number of rotatable bonds is 3. The van der Waals surface area contributed by atoms with Crippen LogP contribution in [0.5, 0.6) is 0 Å². The standard InChI is InChI=1S/C11H9FN2OS2/c12-8-2-1-7(5-9(8)16)11(15)14-6-10-13-3-4-17-10/h1-5,16H,6H2,(H,14,15). The van der Waals surface area contributed by atoms with E-state index in [1.54, 1.807) is 6.20 Å². The number of carbonyl (C=O) groups is 1. The lowest BCUT2D eigenvalue weighted by molar-refractivity contribution is 0.0950. The van der Waals surface area contributed by atoms with Crippen LogP contribution in [0.1, 0.15) is 15.4 Å². The van der Waals surface area contributed by atoms with E-state index in [2.05, 4.69) is 22.9 Å². The molecule has 1 aromatic carbocycles. The largest absolute Gasteiger partial charge is 0.346 e. The molecule has 2 rings (SSSR count). The van der Waals surface area contributed by atoms with Gasteiger partial charge in [-0.3, -0.25) is 4.79 Å². The van der Waals surface area contributed by atoms with Crippen LogP contribution >= 0.6 is 24.0 Å². The van der Waals surface area contributed by atoms with E-state index in [1.165, 1.54) is 29.5 Å². The predicted octanol–water partition coefficient (Wildman–Crippen LogP) is 2.50. The van der Waals surface area contributed by atoms with Crippen molar-refractivity contribution >= 4 is 29.9 Å². The van der Waals surface area contributed by atoms with Crippen LogP contribution in [0.4, 0.5) is 4.39 Å². The highest BCUT2D eigenvalue weighted by Crippen LogP contribution is 2.14. The first-order valence-electron chi connectivity index (χ1n) is 4.82. The molecule has 1 heterocycles. The molecule has 0 aliphatic carbocycles. The second kappa shape index (κ2) is 5.29. The first kappa shape index (κ1) is 12.1. The summed E-state index contributed by atoms with van der Waals surface area (Å²) in [7, 11) is 0.